The zero-order valence-electron chi connectivity index (χ0n) is 11.7. The average Bonchev–Trinajstić information content (AvgIpc) is 2.45. The molecule has 124 valence electrons. The van der Waals surface area contributed by atoms with Gasteiger partial charge in [0.1, 0.15) is 5.75 Å². The van der Waals surface area contributed by atoms with Gasteiger partial charge in [-0.3, -0.25) is 4.79 Å². The van der Waals surface area contributed by atoms with E-state index >= 15 is 0 Å². The summed E-state index contributed by atoms with van der Waals surface area (Å²) in [6, 6.07) is 3.89. The van der Waals surface area contributed by atoms with Crippen molar-refractivity contribution in [2.45, 2.75) is 12.0 Å². The van der Waals surface area contributed by atoms with Crippen molar-refractivity contribution in [1.29, 1.82) is 0 Å². The van der Waals surface area contributed by atoms with Crippen LogP contribution in [0.3, 0.4) is 0 Å². The number of hydrogen-bond donors (Lipinski definition) is 5. The molecule has 0 radical (unpaired) electrons. The Balaban J connectivity index is 3.28. The van der Waals surface area contributed by atoms with Gasteiger partial charge in [-0.05, 0) is 23.8 Å². The standard InChI is InChI=1S/C13H14N2O8/c14-8-1-2-9(23-5-10(17)18)7(3-8)4-13(11(19)20,12(21)22)15-6-16/h1-3,6H,4-5,14H2,(H,15,16)(H,17,18)(H,19,20)(H,21,22). The SMILES string of the molecule is Nc1ccc(OCC(=O)O)c(CC(NC=O)(C(=O)O)C(=O)O)c1. The van der Waals surface area contributed by atoms with E-state index in [0.717, 1.165) is 0 Å². The first kappa shape index (κ1) is 17.8. The molecule has 0 aliphatic rings. The maximum Gasteiger partial charge on any atom is 0.341 e. The van der Waals surface area contributed by atoms with Crippen LogP contribution in [0, 0.1) is 0 Å². The Kier molecular flexibility index (Phi) is 5.49. The third-order valence-corrected chi connectivity index (χ3v) is 2.93. The minimum absolute atomic E-state index is 0.0189. The monoisotopic (exact) mass is 326 g/mol. The maximum absolute atomic E-state index is 11.4. The van der Waals surface area contributed by atoms with Crippen molar-refractivity contribution in [3.05, 3.63) is 23.8 Å². The zero-order chi connectivity index (χ0) is 17.6. The first-order valence-corrected chi connectivity index (χ1v) is 6.14. The number of amides is 1. The first-order valence-electron chi connectivity index (χ1n) is 6.14. The second kappa shape index (κ2) is 7.11. The van der Waals surface area contributed by atoms with E-state index in [9.17, 15) is 29.4 Å². The normalized spacial score (nSPS) is 10.6. The highest BCUT2D eigenvalue weighted by Gasteiger charge is 2.47. The molecule has 10 heteroatoms. The third kappa shape index (κ3) is 4.09. The molecule has 0 saturated carbocycles. The predicted octanol–water partition coefficient (Wildman–Crippen LogP) is -1.07. The van der Waals surface area contributed by atoms with Crippen molar-refractivity contribution in [3.8, 4) is 5.75 Å². The molecule has 23 heavy (non-hydrogen) atoms. The van der Waals surface area contributed by atoms with Gasteiger partial charge in [0.15, 0.2) is 6.61 Å². The molecule has 0 fully saturated rings. The molecule has 0 spiro atoms. The maximum atomic E-state index is 11.4. The van der Waals surface area contributed by atoms with Crippen LogP contribution in [0.5, 0.6) is 5.75 Å². The highest BCUT2D eigenvalue weighted by atomic mass is 16.5. The number of carbonyl (C=O) groups excluding carboxylic acids is 1. The fraction of sp³-hybridized carbons (Fsp3) is 0.231. The van der Waals surface area contributed by atoms with Crippen molar-refractivity contribution >= 4 is 30.0 Å². The van der Waals surface area contributed by atoms with Gasteiger partial charge in [0.05, 0.1) is 0 Å². The number of anilines is 1. The van der Waals surface area contributed by atoms with Crippen LogP contribution in [0.4, 0.5) is 5.69 Å². The van der Waals surface area contributed by atoms with Crippen LogP contribution < -0.4 is 15.8 Å². The number of carbonyl (C=O) groups is 4. The molecule has 0 aliphatic heterocycles. The molecule has 0 aromatic heterocycles. The quantitative estimate of drug-likeness (QED) is 0.215. The molecular formula is C13H14N2O8. The summed E-state index contributed by atoms with van der Waals surface area (Å²) in [7, 11) is 0. The summed E-state index contributed by atoms with van der Waals surface area (Å²) in [5.74, 6) is -4.94. The van der Waals surface area contributed by atoms with E-state index in [2.05, 4.69) is 0 Å². The van der Waals surface area contributed by atoms with Gasteiger partial charge in [-0.25, -0.2) is 14.4 Å². The summed E-state index contributed by atoms with van der Waals surface area (Å²) in [5, 5.41) is 28.8. The number of carboxylic acid groups (broad SMARTS) is 3. The Morgan fingerprint density at radius 1 is 1.22 bits per heavy atom. The summed E-state index contributed by atoms with van der Waals surface area (Å²) in [4.78, 5) is 43.9. The summed E-state index contributed by atoms with van der Waals surface area (Å²) < 4.78 is 4.98. The molecule has 0 atom stereocenters. The average molecular weight is 326 g/mol. The molecule has 6 N–H and O–H groups in total. The van der Waals surface area contributed by atoms with Gasteiger partial charge in [0, 0.05) is 12.1 Å². The fourth-order valence-corrected chi connectivity index (χ4v) is 1.82. The van der Waals surface area contributed by atoms with Crippen molar-refractivity contribution in [2.75, 3.05) is 12.3 Å². The Bertz CT molecular complexity index is 629. The lowest BCUT2D eigenvalue weighted by molar-refractivity contribution is -0.160. The van der Waals surface area contributed by atoms with Gasteiger partial charge in [0.25, 0.3) is 0 Å². The Hall–Kier alpha value is -3.30. The Labute approximate surface area is 129 Å². The lowest BCUT2D eigenvalue weighted by Crippen LogP contribution is -2.59. The molecule has 0 heterocycles. The number of ether oxygens (including phenoxy) is 1. The summed E-state index contributed by atoms with van der Waals surface area (Å²) in [6.07, 6.45) is -0.747. The van der Waals surface area contributed by atoms with E-state index in [0.29, 0.717) is 0 Å². The summed E-state index contributed by atoms with van der Waals surface area (Å²) in [6.45, 7) is -0.717. The lowest BCUT2D eigenvalue weighted by atomic mass is 9.90. The largest absolute Gasteiger partial charge is 0.482 e. The van der Waals surface area contributed by atoms with Crippen LogP contribution in [0.1, 0.15) is 5.56 Å². The number of benzene rings is 1. The molecule has 1 aromatic rings. The molecule has 0 unspecified atom stereocenters. The molecule has 10 nitrogen and oxygen atoms in total. The second-order valence-electron chi connectivity index (χ2n) is 4.50. The molecular weight excluding hydrogens is 312 g/mol. The van der Waals surface area contributed by atoms with Crippen LogP contribution in [0.15, 0.2) is 18.2 Å². The number of nitrogens with two attached hydrogens (primary N) is 1. The van der Waals surface area contributed by atoms with Crippen LogP contribution in [-0.4, -0.2) is 51.8 Å². The molecule has 1 amide bonds. The van der Waals surface area contributed by atoms with Crippen LogP contribution in [0.25, 0.3) is 0 Å². The van der Waals surface area contributed by atoms with Gasteiger partial charge < -0.3 is 31.1 Å². The highest BCUT2D eigenvalue weighted by Crippen LogP contribution is 2.26. The van der Waals surface area contributed by atoms with Crippen molar-refractivity contribution in [1.82, 2.24) is 5.32 Å². The lowest BCUT2D eigenvalue weighted by Gasteiger charge is -2.25. The Morgan fingerprint density at radius 2 is 1.83 bits per heavy atom. The van der Waals surface area contributed by atoms with E-state index in [-0.39, 0.29) is 23.4 Å². The molecule has 0 saturated heterocycles. The molecule has 0 bridgehead atoms. The van der Waals surface area contributed by atoms with Crippen LogP contribution >= 0.6 is 0 Å². The number of nitrogen functional groups attached to an aromatic ring is 1. The Morgan fingerprint density at radius 3 is 2.30 bits per heavy atom. The molecule has 1 aromatic carbocycles. The van der Waals surface area contributed by atoms with E-state index in [1.165, 1.54) is 18.2 Å². The van der Waals surface area contributed by atoms with E-state index < -0.39 is 36.5 Å². The molecule has 0 aliphatic carbocycles. The minimum Gasteiger partial charge on any atom is -0.482 e. The number of aliphatic carboxylic acids is 3. The van der Waals surface area contributed by atoms with Crippen LogP contribution in [-0.2, 0) is 25.6 Å². The zero-order valence-corrected chi connectivity index (χ0v) is 11.7. The number of hydrogen-bond acceptors (Lipinski definition) is 6. The number of rotatable bonds is 9. The second-order valence-corrected chi connectivity index (χ2v) is 4.50. The highest BCUT2D eigenvalue weighted by molar-refractivity contribution is 6.05. The van der Waals surface area contributed by atoms with Gasteiger partial charge in [-0.15, -0.1) is 0 Å². The van der Waals surface area contributed by atoms with Gasteiger partial charge in [0.2, 0.25) is 11.9 Å². The summed E-state index contributed by atoms with van der Waals surface area (Å²) in [5.41, 5.74) is 3.13. The third-order valence-electron chi connectivity index (χ3n) is 2.93. The van der Waals surface area contributed by atoms with E-state index in [4.69, 9.17) is 15.6 Å². The minimum atomic E-state index is -2.64. The van der Waals surface area contributed by atoms with Crippen molar-refractivity contribution in [3.63, 3.8) is 0 Å². The van der Waals surface area contributed by atoms with Gasteiger partial charge >= 0.3 is 17.9 Å². The smallest absolute Gasteiger partial charge is 0.341 e. The van der Waals surface area contributed by atoms with Crippen LogP contribution in [0.2, 0.25) is 0 Å². The summed E-state index contributed by atoms with van der Waals surface area (Å²) >= 11 is 0. The first-order chi connectivity index (χ1) is 10.7. The van der Waals surface area contributed by atoms with E-state index in [1.807, 2.05) is 0 Å². The number of carboxylic acids is 3. The van der Waals surface area contributed by atoms with E-state index in [1.54, 1.807) is 5.32 Å². The molecule has 1 rings (SSSR count). The van der Waals surface area contributed by atoms with Crippen molar-refractivity contribution < 1.29 is 39.2 Å². The topological polar surface area (TPSA) is 176 Å². The fourth-order valence-electron chi connectivity index (χ4n) is 1.82. The van der Waals surface area contributed by atoms with Crippen molar-refractivity contribution in [2.24, 2.45) is 0 Å². The van der Waals surface area contributed by atoms with Gasteiger partial charge in [-0.2, -0.15) is 0 Å². The number of nitrogens with one attached hydrogen (secondary N) is 1. The van der Waals surface area contributed by atoms with Gasteiger partial charge in [-0.1, -0.05) is 0 Å². The predicted molar refractivity (Wildman–Crippen MR) is 74.9 cm³/mol.